The van der Waals surface area contributed by atoms with E-state index in [-0.39, 0.29) is 0 Å². The maximum absolute atomic E-state index is 5.65. The summed E-state index contributed by atoms with van der Waals surface area (Å²) in [5, 5.41) is 1.01. The Morgan fingerprint density at radius 1 is 1.43 bits per heavy atom. The van der Waals surface area contributed by atoms with Crippen molar-refractivity contribution in [3.63, 3.8) is 0 Å². The summed E-state index contributed by atoms with van der Waals surface area (Å²) in [7, 11) is 0. The minimum absolute atomic E-state index is 0.305. The van der Waals surface area contributed by atoms with Crippen molar-refractivity contribution in [2.24, 2.45) is 5.41 Å². The van der Waals surface area contributed by atoms with Gasteiger partial charge in [0, 0.05) is 24.0 Å². The third-order valence-electron chi connectivity index (χ3n) is 2.71. The van der Waals surface area contributed by atoms with Gasteiger partial charge in [-0.1, -0.05) is 22.0 Å². The van der Waals surface area contributed by atoms with Gasteiger partial charge in [-0.2, -0.15) is 0 Å². The van der Waals surface area contributed by atoms with Crippen LogP contribution in [0.3, 0.4) is 0 Å². The molecule has 0 atom stereocenters. The molecule has 1 rings (SSSR count). The molecule has 1 heterocycles. The molecule has 0 aromatic carbocycles. The van der Waals surface area contributed by atoms with Crippen molar-refractivity contribution in [2.45, 2.75) is 19.3 Å². The van der Waals surface area contributed by atoms with Gasteiger partial charge in [0.25, 0.3) is 0 Å². The standard InChI is InChI=1S/C11H19BrO2/c1-2-3-6-14-10-11(9-12)4-7-13-8-5-11/h2H,1,3-10H2. The minimum Gasteiger partial charge on any atom is -0.381 e. The first kappa shape index (κ1) is 12.2. The van der Waals surface area contributed by atoms with E-state index in [0.29, 0.717) is 5.41 Å². The monoisotopic (exact) mass is 262 g/mol. The van der Waals surface area contributed by atoms with E-state index in [1.54, 1.807) is 0 Å². The van der Waals surface area contributed by atoms with Crippen molar-refractivity contribution in [3.05, 3.63) is 12.7 Å². The maximum Gasteiger partial charge on any atom is 0.0532 e. The highest BCUT2D eigenvalue weighted by Gasteiger charge is 2.31. The molecule has 0 amide bonds. The Balaban J connectivity index is 2.25. The van der Waals surface area contributed by atoms with E-state index >= 15 is 0 Å². The molecule has 0 unspecified atom stereocenters. The van der Waals surface area contributed by atoms with Gasteiger partial charge in [-0.15, -0.1) is 6.58 Å². The van der Waals surface area contributed by atoms with Gasteiger partial charge < -0.3 is 9.47 Å². The first-order valence-corrected chi connectivity index (χ1v) is 6.27. The van der Waals surface area contributed by atoms with Crippen LogP contribution in [0.1, 0.15) is 19.3 Å². The number of hydrogen-bond donors (Lipinski definition) is 0. The topological polar surface area (TPSA) is 18.5 Å². The fourth-order valence-corrected chi connectivity index (χ4v) is 2.30. The quantitative estimate of drug-likeness (QED) is 0.417. The molecule has 0 aromatic heterocycles. The summed E-state index contributed by atoms with van der Waals surface area (Å²) in [4.78, 5) is 0. The molecule has 0 radical (unpaired) electrons. The van der Waals surface area contributed by atoms with Crippen LogP contribution in [0.5, 0.6) is 0 Å². The average molecular weight is 263 g/mol. The predicted octanol–water partition coefficient (Wildman–Crippen LogP) is 2.77. The van der Waals surface area contributed by atoms with Crippen LogP contribution >= 0.6 is 15.9 Å². The van der Waals surface area contributed by atoms with E-state index < -0.39 is 0 Å². The molecule has 0 bridgehead atoms. The molecule has 0 aliphatic carbocycles. The van der Waals surface area contributed by atoms with Crippen molar-refractivity contribution in [3.8, 4) is 0 Å². The highest BCUT2D eigenvalue weighted by Crippen LogP contribution is 2.32. The van der Waals surface area contributed by atoms with Crippen molar-refractivity contribution < 1.29 is 9.47 Å². The van der Waals surface area contributed by atoms with E-state index in [9.17, 15) is 0 Å². The van der Waals surface area contributed by atoms with Gasteiger partial charge >= 0.3 is 0 Å². The Kier molecular flexibility index (Phi) is 5.75. The summed E-state index contributed by atoms with van der Waals surface area (Å²) in [6, 6.07) is 0. The van der Waals surface area contributed by atoms with Crippen LogP contribution in [-0.2, 0) is 9.47 Å². The lowest BCUT2D eigenvalue weighted by atomic mass is 9.83. The highest BCUT2D eigenvalue weighted by molar-refractivity contribution is 9.09. The van der Waals surface area contributed by atoms with E-state index in [4.69, 9.17) is 9.47 Å². The van der Waals surface area contributed by atoms with Crippen LogP contribution in [0.2, 0.25) is 0 Å². The smallest absolute Gasteiger partial charge is 0.0532 e. The second kappa shape index (κ2) is 6.59. The lowest BCUT2D eigenvalue weighted by Crippen LogP contribution is -2.35. The number of halogens is 1. The fourth-order valence-electron chi connectivity index (χ4n) is 1.58. The molecule has 1 saturated heterocycles. The van der Waals surface area contributed by atoms with Crippen LogP contribution in [0.4, 0.5) is 0 Å². The van der Waals surface area contributed by atoms with E-state index in [0.717, 1.165) is 51.0 Å². The molecule has 14 heavy (non-hydrogen) atoms. The van der Waals surface area contributed by atoms with Gasteiger partial charge in [0.1, 0.15) is 0 Å². The van der Waals surface area contributed by atoms with Crippen molar-refractivity contribution >= 4 is 15.9 Å². The number of ether oxygens (including phenoxy) is 2. The van der Waals surface area contributed by atoms with Crippen molar-refractivity contribution in [1.82, 2.24) is 0 Å². The zero-order valence-electron chi connectivity index (χ0n) is 8.64. The lowest BCUT2D eigenvalue weighted by Gasteiger charge is -2.35. The van der Waals surface area contributed by atoms with Crippen LogP contribution in [0, 0.1) is 5.41 Å². The van der Waals surface area contributed by atoms with E-state index in [1.807, 2.05) is 6.08 Å². The Labute approximate surface area is 94.8 Å². The molecule has 0 N–H and O–H groups in total. The first-order chi connectivity index (χ1) is 6.83. The fraction of sp³-hybridized carbons (Fsp3) is 0.818. The summed E-state index contributed by atoms with van der Waals surface area (Å²) >= 11 is 3.58. The van der Waals surface area contributed by atoms with E-state index in [2.05, 4.69) is 22.5 Å². The molecular formula is C11H19BrO2. The van der Waals surface area contributed by atoms with Gasteiger partial charge in [0.2, 0.25) is 0 Å². The lowest BCUT2D eigenvalue weighted by molar-refractivity contribution is -0.0256. The van der Waals surface area contributed by atoms with Gasteiger partial charge in [-0.3, -0.25) is 0 Å². The van der Waals surface area contributed by atoms with Crippen molar-refractivity contribution in [1.29, 1.82) is 0 Å². The summed E-state index contributed by atoms with van der Waals surface area (Å²) in [6.45, 7) is 7.05. The summed E-state index contributed by atoms with van der Waals surface area (Å²) in [5.41, 5.74) is 0.305. The molecule has 3 heteroatoms. The Bertz CT molecular complexity index is 165. The molecular weight excluding hydrogens is 244 g/mol. The van der Waals surface area contributed by atoms with Gasteiger partial charge in [0.05, 0.1) is 13.2 Å². The summed E-state index contributed by atoms with van der Waals surface area (Å²) in [6.07, 6.45) is 5.04. The second-order valence-corrected chi connectivity index (χ2v) is 4.44. The molecule has 82 valence electrons. The van der Waals surface area contributed by atoms with Crippen LogP contribution in [0.15, 0.2) is 12.7 Å². The molecule has 0 spiro atoms. The molecule has 0 saturated carbocycles. The predicted molar refractivity (Wildman–Crippen MR) is 61.9 cm³/mol. The molecule has 1 aliphatic rings. The zero-order valence-corrected chi connectivity index (χ0v) is 10.2. The van der Waals surface area contributed by atoms with Crippen LogP contribution < -0.4 is 0 Å². The number of rotatable bonds is 6. The Hall–Kier alpha value is 0.140. The van der Waals surface area contributed by atoms with E-state index in [1.165, 1.54) is 0 Å². The summed E-state index contributed by atoms with van der Waals surface area (Å²) < 4.78 is 11.0. The van der Waals surface area contributed by atoms with Gasteiger partial charge in [-0.25, -0.2) is 0 Å². The molecule has 2 nitrogen and oxygen atoms in total. The third-order valence-corrected chi connectivity index (χ3v) is 3.90. The average Bonchev–Trinajstić information content (AvgIpc) is 2.26. The highest BCUT2D eigenvalue weighted by atomic mass is 79.9. The molecule has 0 aromatic rings. The Morgan fingerprint density at radius 3 is 2.71 bits per heavy atom. The molecule has 1 aliphatic heterocycles. The first-order valence-electron chi connectivity index (χ1n) is 5.15. The van der Waals surface area contributed by atoms with Gasteiger partial charge in [-0.05, 0) is 19.3 Å². The maximum atomic E-state index is 5.65. The van der Waals surface area contributed by atoms with Crippen LogP contribution in [0.25, 0.3) is 0 Å². The van der Waals surface area contributed by atoms with Gasteiger partial charge in [0.15, 0.2) is 0 Å². The number of alkyl halides is 1. The van der Waals surface area contributed by atoms with Crippen LogP contribution in [-0.4, -0.2) is 31.8 Å². The SMILES string of the molecule is C=CCCOCC1(CBr)CCOCC1. The Morgan fingerprint density at radius 2 is 2.14 bits per heavy atom. The molecule has 1 fully saturated rings. The third kappa shape index (κ3) is 3.71. The largest absolute Gasteiger partial charge is 0.381 e. The minimum atomic E-state index is 0.305. The number of hydrogen-bond acceptors (Lipinski definition) is 2. The van der Waals surface area contributed by atoms with Crippen molar-refractivity contribution in [2.75, 3.05) is 31.8 Å². The summed E-state index contributed by atoms with van der Waals surface area (Å²) in [5.74, 6) is 0. The normalized spacial score (nSPS) is 20.6. The zero-order chi connectivity index (χ0) is 10.3. The second-order valence-electron chi connectivity index (χ2n) is 3.88.